The second kappa shape index (κ2) is 12.6. The van der Waals surface area contributed by atoms with Gasteiger partial charge in [-0.2, -0.15) is 4.98 Å². The van der Waals surface area contributed by atoms with Gasteiger partial charge < -0.3 is 16.0 Å². The number of fused-ring (bicyclic) bond motifs is 1. The summed E-state index contributed by atoms with van der Waals surface area (Å²) in [6, 6.07) is 25.2. The summed E-state index contributed by atoms with van der Waals surface area (Å²) in [4.78, 5) is 14.5. The minimum atomic E-state index is -0.277. The Balaban J connectivity index is 1.00. The molecule has 1 saturated heterocycles. The van der Waals surface area contributed by atoms with Crippen LogP contribution in [-0.2, 0) is 6.54 Å². The molecule has 208 valence electrons. The third-order valence-corrected chi connectivity index (χ3v) is 9.06. The highest BCUT2D eigenvalue weighted by atomic mass is 32.2. The Hall–Kier alpha value is -4.18. The van der Waals surface area contributed by atoms with Gasteiger partial charge in [0.1, 0.15) is 11.6 Å². The van der Waals surface area contributed by atoms with Gasteiger partial charge in [-0.25, -0.2) is 9.37 Å². The van der Waals surface area contributed by atoms with Crippen molar-refractivity contribution in [1.29, 1.82) is 0 Å². The average molecular weight is 566 g/mol. The number of benzene rings is 3. The molecule has 0 aliphatic carbocycles. The normalized spacial score (nSPS) is 15.0. The molecule has 5 aromatic rings. The number of rotatable bonds is 9. The molecule has 41 heavy (non-hydrogen) atoms. The quantitative estimate of drug-likeness (QED) is 0.168. The topological polar surface area (TPSA) is 78.0 Å². The fourth-order valence-electron chi connectivity index (χ4n) is 5.00. The third-order valence-electron chi connectivity index (χ3n) is 7.25. The second-order valence-electron chi connectivity index (χ2n) is 10.0. The van der Waals surface area contributed by atoms with Gasteiger partial charge in [0.25, 0.3) is 0 Å². The molecule has 1 unspecified atom stereocenters. The summed E-state index contributed by atoms with van der Waals surface area (Å²) in [7, 11) is -0.226. The van der Waals surface area contributed by atoms with Crippen LogP contribution in [0.15, 0.2) is 102 Å². The Morgan fingerprint density at radius 1 is 0.878 bits per heavy atom. The molecule has 0 saturated carbocycles. The van der Waals surface area contributed by atoms with Gasteiger partial charge in [0.15, 0.2) is 0 Å². The molecule has 0 spiro atoms. The number of hydrogen-bond acceptors (Lipinski definition) is 7. The summed E-state index contributed by atoms with van der Waals surface area (Å²) in [5.74, 6) is 5.33. The summed E-state index contributed by atoms with van der Waals surface area (Å²) in [5, 5.41) is 12.6. The highest BCUT2D eigenvalue weighted by molar-refractivity contribution is 8.12. The molecule has 6 rings (SSSR count). The van der Waals surface area contributed by atoms with Crippen LogP contribution in [0.25, 0.3) is 10.8 Å². The van der Waals surface area contributed by atoms with Crippen LogP contribution in [0, 0.1) is 5.82 Å². The average Bonchev–Trinajstić information content (AvgIpc) is 3.02. The number of hydrogen-bond donors (Lipinski definition) is 3. The van der Waals surface area contributed by atoms with E-state index in [2.05, 4.69) is 77.5 Å². The molecular formula is C32H32FN7S. The van der Waals surface area contributed by atoms with Crippen molar-refractivity contribution in [3.05, 3.63) is 109 Å². The van der Waals surface area contributed by atoms with E-state index in [1.54, 1.807) is 24.4 Å². The minimum Gasteiger partial charge on any atom is -0.340 e. The Labute approximate surface area is 241 Å². The van der Waals surface area contributed by atoms with Crippen molar-refractivity contribution >= 4 is 50.5 Å². The lowest BCUT2D eigenvalue weighted by Gasteiger charge is -2.34. The lowest BCUT2D eigenvalue weighted by molar-refractivity contribution is 0.306. The molecule has 2 aromatic heterocycles. The van der Waals surface area contributed by atoms with Crippen LogP contribution in [-0.4, -0.2) is 44.3 Å². The van der Waals surface area contributed by atoms with Crippen molar-refractivity contribution in [2.24, 2.45) is 0 Å². The van der Waals surface area contributed by atoms with E-state index in [0.29, 0.717) is 17.8 Å². The Bertz CT molecular complexity index is 1630. The molecule has 3 aromatic carbocycles. The summed E-state index contributed by atoms with van der Waals surface area (Å²) < 4.78 is 15.7. The van der Waals surface area contributed by atoms with Crippen LogP contribution in [0.3, 0.4) is 0 Å². The summed E-state index contributed by atoms with van der Waals surface area (Å²) in [5.41, 5.74) is 2.90. The fourth-order valence-corrected chi connectivity index (χ4v) is 6.40. The van der Waals surface area contributed by atoms with Gasteiger partial charge in [-0.15, -0.1) is 0 Å². The van der Waals surface area contributed by atoms with E-state index in [4.69, 9.17) is 0 Å². The zero-order valence-corrected chi connectivity index (χ0v) is 23.4. The monoisotopic (exact) mass is 565 g/mol. The molecule has 0 amide bonds. The molecule has 1 fully saturated rings. The fraction of sp³-hybridized carbons (Fsp3) is 0.188. The number of aromatic nitrogens is 3. The van der Waals surface area contributed by atoms with Gasteiger partial charge >= 0.3 is 0 Å². The lowest BCUT2D eigenvalue weighted by atomic mass is 10.0. The van der Waals surface area contributed by atoms with E-state index in [1.165, 1.54) is 33.4 Å². The summed E-state index contributed by atoms with van der Waals surface area (Å²) in [6.07, 6.45) is 7.77. The molecule has 3 heterocycles. The zero-order valence-electron chi connectivity index (χ0n) is 22.6. The molecule has 7 nitrogen and oxygen atoms in total. The minimum absolute atomic E-state index is 0.226. The van der Waals surface area contributed by atoms with E-state index < -0.39 is 0 Å². The highest BCUT2D eigenvalue weighted by Crippen LogP contribution is 2.33. The molecule has 1 aliphatic heterocycles. The summed E-state index contributed by atoms with van der Waals surface area (Å²) in [6.45, 7) is 2.86. The Morgan fingerprint density at radius 2 is 1.61 bits per heavy atom. The van der Waals surface area contributed by atoms with E-state index in [-0.39, 0.29) is 16.5 Å². The molecule has 9 heteroatoms. The van der Waals surface area contributed by atoms with Crippen molar-refractivity contribution < 1.29 is 4.39 Å². The van der Waals surface area contributed by atoms with Gasteiger partial charge in [-0.1, -0.05) is 40.8 Å². The third kappa shape index (κ3) is 6.77. The maximum atomic E-state index is 13.2. The van der Waals surface area contributed by atoms with Crippen LogP contribution in [0.5, 0.6) is 0 Å². The number of nitrogens with zero attached hydrogens (tertiary/aromatic N) is 4. The smallest absolute Gasteiger partial charge is 0.229 e. The summed E-state index contributed by atoms with van der Waals surface area (Å²) >= 11 is 0. The molecule has 1 atom stereocenters. The van der Waals surface area contributed by atoms with Crippen molar-refractivity contribution in [1.82, 2.24) is 24.6 Å². The zero-order chi connectivity index (χ0) is 28.0. The van der Waals surface area contributed by atoms with E-state index in [9.17, 15) is 4.39 Å². The van der Waals surface area contributed by atoms with E-state index >= 15 is 0 Å². The van der Waals surface area contributed by atoms with Gasteiger partial charge in [0.2, 0.25) is 5.95 Å². The first-order valence-electron chi connectivity index (χ1n) is 13.7. The van der Waals surface area contributed by atoms with Crippen molar-refractivity contribution in [2.45, 2.75) is 30.3 Å². The van der Waals surface area contributed by atoms with Crippen molar-refractivity contribution in [2.75, 3.05) is 23.7 Å². The van der Waals surface area contributed by atoms with Crippen LogP contribution in [0.2, 0.25) is 0 Å². The molecular weight excluding hydrogens is 533 g/mol. The number of piperidine rings is 1. The predicted molar refractivity (Wildman–Crippen MR) is 168 cm³/mol. The van der Waals surface area contributed by atoms with Crippen LogP contribution < -0.4 is 16.0 Å². The first-order valence-corrected chi connectivity index (χ1v) is 15.0. The van der Waals surface area contributed by atoms with Crippen molar-refractivity contribution in [3.8, 4) is 0 Å². The molecule has 1 aliphatic rings. The molecule has 0 bridgehead atoms. The SMILES string of the molecule is C=S(c1ccc(Nc2nccc(Nc3ccc(F)cc3)n2)cc1)N1CCC(NCc2cncc3ccccc23)CC1. The largest absolute Gasteiger partial charge is 0.340 e. The maximum Gasteiger partial charge on any atom is 0.229 e. The van der Waals surface area contributed by atoms with Crippen molar-refractivity contribution in [3.63, 3.8) is 0 Å². The Morgan fingerprint density at radius 3 is 2.41 bits per heavy atom. The highest BCUT2D eigenvalue weighted by Gasteiger charge is 2.21. The molecule has 0 radical (unpaired) electrons. The van der Waals surface area contributed by atoms with Crippen LogP contribution in [0.1, 0.15) is 18.4 Å². The second-order valence-corrected chi connectivity index (χ2v) is 11.7. The van der Waals surface area contributed by atoms with Gasteiger partial charge in [0, 0.05) is 65.9 Å². The predicted octanol–water partition coefficient (Wildman–Crippen LogP) is 6.88. The first-order chi connectivity index (χ1) is 20.1. The number of pyridine rings is 1. The maximum absolute atomic E-state index is 13.2. The van der Waals surface area contributed by atoms with E-state index in [1.807, 2.05) is 24.5 Å². The first kappa shape index (κ1) is 27.0. The van der Waals surface area contributed by atoms with E-state index in [0.717, 1.165) is 43.9 Å². The standard InChI is InChI=1S/C32H32FN7S/c1-41(40-18-15-26(16-19-40)36-22-24-21-34-20-23-4-2-3-5-30(23)24)29-12-10-28(11-13-29)38-32-35-17-14-31(39-32)37-27-8-6-25(33)7-9-27/h2-14,17,20-21,26,36H,1,15-16,18-19,22H2,(H2,35,37,38,39). The van der Waals surface area contributed by atoms with Gasteiger partial charge in [-0.05, 0) is 78.4 Å². The van der Waals surface area contributed by atoms with Crippen LogP contribution in [0.4, 0.5) is 27.5 Å². The number of halogens is 1. The lowest BCUT2D eigenvalue weighted by Crippen LogP contribution is -2.40. The Kier molecular flexibility index (Phi) is 8.27. The van der Waals surface area contributed by atoms with Gasteiger partial charge in [-0.3, -0.25) is 9.29 Å². The number of nitrogens with one attached hydrogen (secondary N) is 3. The van der Waals surface area contributed by atoms with Gasteiger partial charge in [0.05, 0.1) is 0 Å². The van der Waals surface area contributed by atoms with Crippen LogP contribution >= 0.6 is 10.7 Å². The number of anilines is 4. The molecule has 3 N–H and O–H groups in total.